The van der Waals surface area contributed by atoms with E-state index in [1.807, 2.05) is 0 Å². The summed E-state index contributed by atoms with van der Waals surface area (Å²) in [5.74, 6) is -1.34. The number of ketones is 1. The molecule has 8 heteroatoms. The van der Waals surface area contributed by atoms with E-state index in [2.05, 4.69) is 4.74 Å². The van der Waals surface area contributed by atoms with Crippen molar-refractivity contribution < 1.29 is 37.7 Å². The lowest BCUT2D eigenvalue weighted by atomic mass is 10.1. The van der Waals surface area contributed by atoms with E-state index in [0.29, 0.717) is 11.1 Å². The minimum atomic E-state index is -2.90. The third-order valence-electron chi connectivity index (χ3n) is 3.33. The molecule has 0 radical (unpaired) electrons. The Labute approximate surface area is 153 Å². The first-order chi connectivity index (χ1) is 12.9. The second kappa shape index (κ2) is 9.33. The third-order valence-corrected chi connectivity index (χ3v) is 3.33. The molecule has 0 saturated heterocycles. The molecule has 0 saturated carbocycles. The van der Waals surface area contributed by atoms with Crippen molar-refractivity contribution in [1.29, 1.82) is 0 Å². The number of rotatable bonds is 9. The fraction of sp³-hybridized carbons (Fsp3) is 0.158. The first kappa shape index (κ1) is 19.9. The highest BCUT2D eigenvalue weighted by atomic mass is 19.3. The van der Waals surface area contributed by atoms with Gasteiger partial charge in [-0.25, -0.2) is 0 Å². The molecule has 6 nitrogen and oxygen atoms in total. The Morgan fingerprint density at radius 1 is 1.11 bits per heavy atom. The van der Waals surface area contributed by atoms with Crippen molar-refractivity contribution in [2.45, 2.75) is 6.61 Å². The van der Waals surface area contributed by atoms with Crippen LogP contribution < -0.4 is 19.3 Å². The van der Waals surface area contributed by atoms with E-state index in [9.17, 15) is 23.5 Å². The maximum atomic E-state index is 12.3. The van der Waals surface area contributed by atoms with Gasteiger partial charge in [0.25, 0.3) is 0 Å². The van der Waals surface area contributed by atoms with Gasteiger partial charge >= 0.3 is 6.61 Å². The monoisotopic (exact) mass is 377 g/mol. The smallest absolute Gasteiger partial charge is 0.387 e. The predicted octanol–water partition coefficient (Wildman–Crippen LogP) is 2.32. The summed E-state index contributed by atoms with van der Waals surface area (Å²) in [6.07, 6.45) is 2.82. The van der Waals surface area contributed by atoms with Crippen LogP contribution in [0.1, 0.15) is 15.9 Å². The molecule has 0 aromatic heterocycles. The summed E-state index contributed by atoms with van der Waals surface area (Å²) < 4.78 is 38.6. The second-order valence-electron chi connectivity index (χ2n) is 5.17. The molecule has 2 rings (SSSR count). The van der Waals surface area contributed by atoms with Gasteiger partial charge in [-0.2, -0.15) is 8.78 Å². The maximum Gasteiger partial charge on any atom is 0.387 e. The Morgan fingerprint density at radius 3 is 2.41 bits per heavy atom. The molecule has 0 aliphatic heterocycles. The van der Waals surface area contributed by atoms with Gasteiger partial charge in [0.2, 0.25) is 0 Å². The van der Waals surface area contributed by atoms with Crippen molar-refractivity contribution in [3.8, 4) is 17.2 Å². The Morgan fingerprint density at radius 2 is 1.81 bits per heavy atom. The number of hydrogen-bond acceptors (Lipinski definition) is 6. The van der Waals surface area contributed by atoms with Crippen LogP contribution in [-0.2, 0) is 4.79 Å². The van der Waals surface area contributed by atoms with Crippen LogP contribution in [0.2, 0.25) is 0 Å². The third kappa shape index (κ3) is 6.10. The topological polar surface area (TPSA) is 84.9 Å². The molecule has 0 fully saturated rings. The molecule has 0 N–H and O–H groups in total. The van der Waals surface area contributed by atoms with Crippen LogP contribution >= 0.6 is 0 Å². The molecule has 0 aliphatic rings. The number of aliphatic carboxylic acids is 1. The van der Waals surface area contributed by atoms with Gasteiger partial charge in [-0.1, -0.05) is 18.2 Å². The number of halogens is 2. The zero-order valence-corrected chi connectivity index (χ0v) is 14.2. The lowest BCUT2D eigenvalue weighted by Crippen LogP contribution is -2.29. The van der Waals surface area contributed by atoms with E-state index < -0.39 is 19.2 Å². The molecule has 0 aliphatic carbocycles. The molecule has 142 valence electrons. The van der Waals surface area contributed by atoms with Crippen LogP contribution in [0.25, 0.3) is 6.08 Å². The number of carbonyl (C=O) groups excluding carboxylic acids is 2. The average Bonchev–Trinajstić information content (AvgIpc) is 2.64. The zero-order chi connectivity index (χ0) is 19.8. The molecule has 0 heterocycles. The minimum Gasteiger partial charge on any atom is -0.546 e. The zero-order valence-electron chi connectivity index (χ0n) is 14.2. The Bertz CT molecular complexity index is 831. The minimum absolute atomic E-state index is 0.0189. The average molecular weight is 377 g/mol. The van der Waals surface area contributed by atoms with Crippen molar-refractivity contribution in [2.75, 3.05) is 13.7 Å². The molecular weight excluding hydrogens is 362 g/mol. The summed E-state index contributed by atoms with van der Waals surface area (Å²) >= 11 is 0. The largest absolute Gasteiger partial charge is 0.546 e. The first-order valence-electron chi connectivity index (χ1n) is 7.67. The summed E-state index contributed by atoms with van der Waals surface area (Å²) in [7, 11) is 1.36. The van der Waals surface area contributed by atoms with Gasteiger partial charge in [-0.3, -0.25) is 4.79 Å². The van der Waals surface area contributed by atoms with Gasteiger partial charge < -0.3 is 24.1 Å². The van der Waals surface area contributed by atoms with Crippen molar-refractivity contribution in [3.05, 3.63) is 59.7 Å². The van der Waals surface area contributed by atoms with Crippen LogP contribution in [-0.4, -0.2) is 32.1 Å². The van der Waals surface area contributed by atoms with Crippen LogP contribution in [0.5, 0.6) is 17.2 Å². The Kier molecular flexibility index (Phi) is 6.87. The first-order valence-corrected chi connectivity index (χ1v) is 7.67. The Hall–Kier alpha value is -3.42. The van der Waals surface area contributed by atoms with Crippen LogP contribution in [0.4, 0.5) is 8.78 Å². The van der Waals surface area contributed by atoms with E-state index >= 15 is 0 Å². The highest BCUT2D eigenvalue weighted by molar-refractivity contribution is 6.07. The van der Waals surface area contributed by atoms with E-state index in [-0.39, 0.29) is 23.0 Å². The molecule has 0 bridgehead atoms. The fourth-order valence-corrected chi connectivity index (χ4v) is 2.11. The number of carboxylic acid groups (broad SMARTS) is 1. The predicted molar refractivity (Wildman–Crippen MR) is 89.9 cm³/mol. The number of carbonyl (C=O) groups is 2. The highest BCUT2D eigenvalue weighted by Crippen LogP contribution is 2.28. The van der Waals surface area contributed by atoms with Crippen molar-refractivity contribution in [1.82, 2.24) is 0 Å². The van der Waals surface area contributed by atoms with Crippen molar-refractivity contribution in [3.63, 3.8) is 0 Å². The van der Waals surface area contributed by atoms with Gasteiger partial charge in [0.05, 0.1) is 13.1 Å². The van der Waals surface area contributed by atoms with E-state index in [1.165, 1.54) is 61.7 Å². The maximum absolute atomic E-state index is 12.3. The molecule has 0 atom stereocenters. The number of alkyl halides is 2. The summed E-state index contributed by atoms with van der Waals surface area (Å²) in [6.45, 7) is -3.55. The van der Waals surface area contributed by atoms with Crippen LogP contribution in [0, 0.1) is 0 Å². The Balaban J connectivity index is 2.08. The van der Waals surface area contributed by atoms with Crippen molar-refractivity contribution in [2.24, 2.45) is 0 Å². The van der Waals surface area contributed by atoms with E-state index in [0.717, 1.165) is 0 Å². The van der Waals surface area contributed by atoms with Gasteiger partial charge in [0.15, 0.2) is 17.3 Å². The summed E-state index contributed by atoms with van der Waals surface area (Å²) in [4.78, 5) is 22.7. The molecule has 2 aromatic rings. The van der Waals surface area contributed by atoms with Gasteiger partial charge in [-0.05, 0) is 42.0 Å². The molecule has 0 spiro atoms. The molecule has 27 heavy (non-hydrogen) atoms. The second-order valence-corrected chi connectivity index (χ2v) is 5.17. The molecular formula is C19H15F2O6-. The number of benzene rings is 2. The lowest BCUT2D eigenvalue weighted by Gasteiger charge is -2.11. The number of methoxy groups -OCH3 is 1. The van der Waals surface area contributed by atoms with Gasteiger partial charge in [0, 0.05) is 5.56 Å². The summed E-state index contributed by atoms with van der Waals surface area (Å²) in [5.41, 5.74) is 0.910. The fourth-order valence-electron chi connectivity index (χ4n) is 2.11. The van der Waals surface area contributed by atoms with Gasteiger partial charge in [0.1, 0.15) is 12.4 Å². The number of ether oxygens (including phenoxy) is 3. The number of hydrogen-bond donors (Lipinski definition) is 0. The molecule has 2 aromatic carbocycles. The normalized spacial score (nSPS) is 10.8. The quantitative estimate of drug-likeness (QED) is 0.493. The van der Waals surface area contributed by atoms with Crippen LogP contribution in [0.3, 0.4) is 0 Å². The number of carboxylic acids is 1. The summed E-state index contributed by atoms with van der Waals surface area (Å²) in [5, 5.41) is 10.5. The SMILES string of the molecule is COc1cc(C(=O)/C=C/c2ccc(OC(F)F)cc2)ccc1OCC(=O)[O-]. The molecule has 0 unspecified atom stereocenters. The summed E-state index contributed by atoms with van der Waals surface area (Å²) in [6, 6.07) is 10.1. The van der Waals surface area contributed by atoms with Gasteiger partial charge in [-0.15, -0.1) is 0 Å². The standard InChI is InChI=1S/C19H16F2O6/c1-25-17-10-13(5-9-16(17)26-11-18(23)24)15(22)8-4-12-2-6-14(7-3-12)27-19(20)21/h2-10,19H,11H2,1H3,(H,23,24)/p-1/b8-4+. The highest BCUT2D eigenvalue weighted by Gasteiger charge is 2.10. The number of allylic oxidation sites excluding steroid dienone is 1. The van der Waals surface area contributed by atoms with E-state index in [1.54, 1.807) is 0 Å². The van der Waals surface area contributed by atoms with E-state index in [4.69, 9.17) is 9.47 Å². The van der Waals surface area contributed by atoms with Crippen molar-refractivity contribution >= 4 is 17.8 Å². The lowest BCUT2D eigenvalue weighted by molar-refractivity contribution is -0.307. The van der Waals surface area contributed by atoms with Crippen LogP contribution in [0.15, 0.2) is 48.5 Å². The molecule has 0 amide bonds.